The number of halogens is 1. The molecule has 5 nitrogen and oxygen atoms in total. The Kier molecular flexibility index (Phi) is 6.08. The summed E-state index contributed by atoms with van der Waals surface area (Å²) in [4.78, 5) is 26.6. The fraction of sp³-hybridized carbons (Fsp3) is 0.200. The second-order valence-electron chi connectivity index (χ2n) is 5.56. The Hall–Kier alpha value is -2.44. The highest BCUT2D eigenvalue weighted by Gasteiger charge is 2.36. The number of hydrogen-bond donors (Lipinski definition) is 0. The zero-order valence-electron chi connectivity index (χ0n) is 14.9. The summed E-state index contributed by atoms with van der Waals surface area (Å²) in [6, 6.07) is 12.0. The quantitative estimate of drug-likeness (QED) is 0.606. The summed E-state index contributed by atoms with van der Waals surface area (Å²) in [5.41, 5.74) is 1.20. The minimum Gasteiger partial charge on any atom is -0.494 e. The summed E-state index contributed by atoms with van der Waals surface area (Å²) in [7, 11) is 0. The van der Waals surface area contributed by atoms with E-state index in [9.17, 15) is 9.59 Å². The molecule has 2 aromatic rings. The van der Waals surface area contributed by atoms with Gasteiger partial charge in [0, 0.05) is 16.7 Å². The van der Waals surface area contributed by atoms with Gasteiger partial charge in [-0.05, 0) is 68.1 Å². The van der Waals surface area contributed by atoms with Gasteiger partial charge < -0.3 is 9.47 Å². The Morgan fingerprint density at radius 2 is 1.74 bits per heavy atom. The van der Waals surface area contributed by atoms with Crippen LogP contribution in [-0.2, 0) is 4.79 Å². The van der Waals surface area contributed by atoms with Gasteiger partial charge in [-0.25, -0.2) is 4.90 Å². The molecule has 0 aromatic heterocycles. The van der Waals surface area contributed by atoms with Crippen molar-refractivity contribution in [1.82, 2.24) is 0 Å². The van der Waals surface area contributed by atoms with Crippen molar-refractivity contribution < 1.29 is 19.1 Å². The van der Waals surface area contributed by atoms with Crippen LogP contribution in [0.1, 0.15) is 19.4 Å². The maximum absolute atomic E-state index is 12.8. The lowest BCUT2D eigenvalue weighted by Gasteiger charge is -2.12. The molecule has 2 aromatic carbocycles. The number of hydrogen-bond acceptors (Lipinski definition) is 5. The van der Waals surface area contributed by atoms with Crippen LogP contribution in [0.2, 0.25) is 5.02 Å². The van der Waals surface area contributed by atoms with E-state index in [1.54, 1.807) is 42.5 Å². The molecule has 1 fully saturated rings. The lowest BCUT2D eigenvalue weighted by molar-refractivity contribution is -0.113. The monoisotopic (exact) mass is 403 g/mol. The van der Waals surface area contributed by atoms with Crippen LogP contribution in [0.15, 0.2) is 47.4 Å². The number of carbonyl (C=O) groups excluding carboxylic acids is 2. The molecule has 0 aliphatic carbocycles. The van der Waals surface area contributed by atoms with Crippen molar-refractivity contribution in [2.45, 2.75) is 13.8 Å². The molecule has 27 heavy (non-hydrogen) atoms. The largest absolute Gasteiger partial charge is 0.494 e. The average Bonchev–Trinajstić information content (AvgIpc) is 2.92. The normalized spacial score (nSPS) is 15.5. The number of amides is 2. The standard InChI is InChI=1S/C20H18ClNO4S/c1-3-25-16-10-5-13(17(12-16)26-4-2)11-18-19(23)22(20(24)27-18)15-8-6-14(21)7-9-15/h5-12H,3-4H2,1-2H3/b18-11+. The SMILES string of the molecule is CCOc1ccc(/C=C2/SC(=O)N(c3ccc(Cl)cc3)C2=O)c(OCC)c1. The highest BCUT2D eigenvalue weighted by molar-refractivity contribution is 8.19. The third-order valence-corrected chi connectivity index (χ3v) is 4.88. The molecule has 7 heteroatoms. The number of imide groups is 1. The van der Waals surface area contributed by atoms with Crippen LogP contribution in [-0.4, -0.2) is 24.4 Å². The topological polar surface area (TPSA) is 55.8 Å². The van der Waals surface area contributed by atoms with Crippen molar-refractivity contribution in [3.63, 3.8) is 0 Å². The Morgan fingerprint density at radius 3 is 2.41 bits per heavy atom. The summed E-state index contributed by atoms with van der Waals surface area (Å²) in [5.74, 6) is 0.915. The van der Waals surface area contributed by atoms with Crippen LogP contribution in [0.25, 0.3) is 6.08 Å². The van der Waals surface area contributed by atoms with E-state index in [0.717, 1.165) is 16.7 Å². The molecule has 2 amide bonds. The van der Waals surface area contributed by atoms with E-state index < -0.39 is 0 Å². The van der Waals surface area contributed by atoms with Crippen LogP contribution in [0.4, 0.5) is 10.5 Å². The maximum atomic E-state index is 12.8. The minimum atomic E-state index is -0.372. The maximum Gasteiger partial charge on any atom is 0.298 e. The zero-order valence-corrected chi connectivity index (χ0v) is 16.5. The van der Waals surface area contributed by atoms with Crippen LogP contribution in [0, 0.1) is 0 Å². The molecule has 1 heterocycles. The number of nitrogens with zero attached hydrogens (tertiary/aromatic N) is 1. The van der Waals surface area contributed by atoms with E-state index in [1.807, 2.05) is 19.9 Å². The summed E-state index contributed by atoms with van der Waals surface area (Å²) in [6.45, 7) is 4.81. The Labute approximate surface area is 166 Å². The van der Waals surface area contributed by atoms with Crippen LogP contribution in [0.3, 0.4) is 0 Å². The van der Waals surface area contributed by atoms with Crippen molar-refractivity contribution in [2.24, 2.45) is 0 Å². The van der Waals surface area contributed by atoms with Gasteiger partial charge in [-0.1, -0.05) is 11.6 Å². The van der Waals surface area contributed by atoms with E-state index in [2.05, 4.69) is 0 Å². The molecular formula is C20H18ClNO4S. The Balaban J connectivity index is 1.92. The number of carbonyl (C=O) groups is 2. The summed E-state index contributed by atoms with van der Waals surface area (Å²) in [5, 5.41) is 0.189. The first-order chi connectivity index (χ1) is 13.0. The highest BCUT2D eigenvalue weighted by Crippen LogP contribution is 2.37. The van der Waals surface area contributed by atoms with Gasteiger partial charge in [0.25, 0.3) is 11.1 Å². The van der Waals surface area contributed by atoms with E-state index in [4.69, 9.17) is 21.1 Å². The van der Waals surface area contributed by atoms with E-state index in [1.165, 1.54) is 0 Å². The lowest BCUT2D eigenvalue weighted by atomic mass is 10.1. The number of anilines is 1. The van der Waals surface area contributed by atoms with Crippen molar-refractivity contribution in [1.29, 1.82) is 0 Å². The Morgan fingerprint density at radius 1 is 1.04 bits per heavy atom. The highest BCUT2D eigenvalue weighted by atomic mass is 35.5. The molecule has 0 N–H and O–H groups in total. The zero-order chi connectivity index (χ0) is 19.4. The molecule has 0 bridgehead atoms. The Bertz CT molecular complexity index is 895. The van der Waals surface area contributed by atoms with Crippen LogP contribution in [0.5, 0.6) is 11.5 Å². The summed E-state index contributed by atoms with van der Waals surface area (Å²) >= 11 is 6.78. The molecule has 0 spiro atoms. The molecule has 0 radical (unpaired) electrons. The van der Waals surface area contributed by atoms with E-state index in [0.29, 0.717) is 45.9 Å². The number of benzene rings is 2. The predicted octanol–water partition coefficient (Wildman–Crippen LogP) is 5.38. The third-order valence-electron chi connectivity index (χ3n) is 3.76. The molecule has 140 valence electrons. The predicted molar refractivity (Wildman–Crippen MR) is 109 cm³/mol. The minimum absolute atomic E-state index is 0.333. The van der Waals surface area contributed by atoms with Gasteiger partial charge in [-0.2, -0.15) is 0 Å². The molecule has 1 aliphatic heterocycles. The molecule has 1 saturated heterocycles. The first-order valence-electron chi connectivity index (χ1n) is 8.46. The number of ether oxygens (including phenoxy) is 2. The fourth-order valence-corrected chi connectivity index (χ4v) is 3.55. The molecular weight excluding hydrogens is 386 g/mol. The second-order valence-corrected chi connectivity index (χ2v) is 6.99. The van der Waals surface area contributed by atoms with Crippen LogP contribution < -0.4 is 14.4 Å². The van der Waals surface area contributed by atoms with Gasteiger partial charge in [0.2, 0.25) is 0 Å². The smallest absolute Gasteiger partial charge is 0.298 e. The van der Waals surface area contributed by atoms with Crippen molar-refractivity contribution in [2.75, 3.05) is 18.1 Å². The number of thioether (sulfide) groups is 1. The van der Waals surface area contributed by atoms with Gasteiger partial charge >= 0.3 is 0 Å². The molecule has 1 aliphatic rings. The van der Waals surface area contributed by atoms with Gasteiger partial charge in [0.15, 0.2) is 0 Å². The van der Waals surface area contributed by atoms with Crippen molar-refractivity contribution in [3.05, 3.63) is 58.0 Å². The first-order valence-corrected chi connectivity index (χ1v) is 9.66. The first kappa shape index (κ1) is 19.3. The molecule has 0 atom stereocenters. The van der Waals surface area contributed by atoms with Crippen molar-refractivity contribution >= 4 is 46.3 Å². The van der Waals surface area contributed by atoms with Gasteiger partial charge in [0.05, 0.1) is 23.8 Å². The van der Waals surface area contributed by atoms with E-state index in [-0.39, 0.29) is 11.1 Å². The average molecular weight is 404 g/mol. The van der Waals surface area contributed by atoms with E-state index >= 15 is 0 Å². The van der Waals surface area contributed by atoms with Crippen molar-refractivity contribution in [3.8, 4) is 11.5 Å². The summed E-state index contributed by atoms with van der Waals surface area (Å²) < 4.78 is 11.2. The third kappa shape index (κ3) is 4.28. The molecule has 0 saturated carbocycles. The van der Waals surface area contributed by atoms with Gasteiger partial charge in [0.1, 0.15) is 11.5 Å². The van der Waals surface area contributed by atoms with Crippen LogP contribution >= 0.6 is 23.4 Å². The molecule has 3 rings (SSSR count). The van der Waals surface area contributed by atoms with Gasteiger partial charge in [-0.15, -0.1) is 0 Å². The molecule has 0 unspecified atom stereocenters. The second kappa shape index (κ2) is 8.50. The number of rotatable bonds is 6. The fourth-order valence-electron chi connectivity index (χ4n) is 2.59. The van der Waals surface area contributed by atoms with Gasteiger partial charge in [-0.3, -0.25) is 9.59 Å². The summed E-state index contributed by atoms with van der Waals surface area (Å²) in [6.07, 6.45) is 1.67. The lowest BCUT2D eigenvalue weighted by Crippen LogP contribution is -2.27.